The zero-order valence-corrected chi connectivity index (χ0v) is 16.4. The Labute approximate surface area is 171 Å². The van der Waals surface area contributed by atoms with E-state index in [1.54, 1.807) is 24.3 Å². The first-order valence-electron chi connectivity index (χ1n) is 8.40. The van der Waals surface area contributed by atoms with Gasteiger partial charge in [0, 0.05) is 17.1 Å². The van der Waals surface area contributed by atoms with Crippen molar-refractivity contribution in [3.05, 3.63) is 64.2 Å². The van der Waals surface area contributed by atoms with Crippen molar-refractivity contribution in [3.8, 4) is 5.75 Å². The Morgan fingerprint density at radius 3 is 1.93 bits per heavy atom. The van der Waals surface area contributed by atoms with E-state index >= 15 is 0 Å². The lowest BCUT2D eigenvalue weighted by molar-refractivity contribution is -0.134. The van der Waals surface area contributed by atoms with Gasteiger partial charge in [-0.2, -0.15) is 0 Å². The molecule has 8 nitrogen and oxygen atoms in total. The number of halogens is 1. The van der Waals surface area contributed by atoms with Gasteiger partial charge in [0.2, 0.25) is 0 Å². The van der Waals surface area contributed by atoms with Crippen molar-refractivity contribution >= 4 is 35.4 Å². The van der Waals surface area contributed by atoms with Crippen LogP contribution < -0.4 is 10.1 Å². The molecule has 0 unspecified atom stereocenters. The van der Waals surface area contributed by atoms with Crippen LogP contribution in [0.3, 0.4) is 0 Å². The van der Waals surface area contributed by atoms with Gasteiger partial charge in [-0.15, -0.1) is 0 Å². The van der Waals surface area contributed by atoms with Gasteiger partial charge in [-0.1, -0.05) is 11.6 Å². The Morgan fingerprint density at radius 2 is 1.41 bits per heavy atom. The fourth-order valence-corrected chi connectivity index (χ4v) is 2.42. The SMILES string of the molecule is COC(=O)c1cc(OC(=O)CCNC(=O)c2ccc(Cl)cc2)cc(C(=O)OC)c1. The Bertz CT molecular complexity index is 891. The third kappa shape index (κ3) is 6.32. The van der Waals surface area contributed by atoms with Gasteiger partial charge in [-0.05, 0) is 42.5 Å². The van der Waals surface area contributed by atoms with Crippen molar-refractivity contribution in [2.24, 2.45) is 0 Å². The van der Waals surface area contributed by atoms with E-state index in [0.717, 1.165) is 0 Å². The molecule has 1 amide bonds. The number of hydrogen-bond acceptors (Lipinski definition) is 7. The summed E-state index contributed by atoms with van der Waals surface area (Å²) < 4.78 is 14.4. The number of hydrogen-bond donors (Lipinski definition) is 1. The summed E-state index contributed by atoms with van der Waals surface area (Å²) in [6.07, 6.45) is -0.130. The molecular weight excluding hydrogens is 402 g/mol. The van der Waals surface area contributed by atoms with E-state index in [9.17, 15) is 19.2 Å². The molecule has 0 spiro atoms. The van der Waals surface area contributed by atoms with Crippen molar-refractivity contribution in [2.45, 2.75) is 6.42 Å². The molecule has 0 atom stereocenters. The summed E-state index contributed by atoms with van der Waals surface area (Å²) in [6, 6.07) is 10.1. The van der Waals surface area contributed by atoms with Crippen LogP contribution in [0.5, 0.6) is 5.75 Å². The molecule has 9 heteroatoms. The minimum atomic E-state index is -0.705. The summed E-state index contributed by atoms with van der Waals surface area (Å²) in [4.78, 5) is 47.5. The maximum absolute atomic E-state index is 12.1. The molecule has 0 saturated heterocycles. The van der Waals surface area contributed by atoms with Crippen LogP contribution in [-0.4, -0.2) is 44.6 Å². The standard InChI is InChI=1S/C20H18ClNO7/c1-27-19(25)13-9-14(20(26)28-2)11-16(10-13)29-17(23)7-8-22-18(24)12-3-5-15(21)6-4-12/h3-6,9-11H,7-8H2,1-2H3,(H,22,24). The van der Waals surface area contributed by atoms with Crippen molar-refractivity contribution < 1.29 is 33.4 Å². The largest absolute Gasteiger partial charge is 0.465 e. The van der Waals surface area contributed by atoms with Crippen LogP contribution in [0, 0.1) is 0 Å². The number of nitrogens with one attached hydrogen (secondary N) is 1. The number of benzene rings is 2. The monoisotopic (exact) mass is 419 g/mol. The number of ether oxygens (including phenoxy) is 3. The van der Waals surface area contributed by atoms with Gasteiger partial charge in [-0.25, -0.2) is 9.59 Å². The number of carbonyl (C=O) groups excluding carboxylic acids is 4. The molecule has 0 radical (unpaired) electrons. The Morgan fingerprint density at radius 1 is 0.862 bits per heavy atom. The molecule has 0 aromatic heterocycles. The summed E-state index contributed by atoms with van der Waals surface area (Å²) >= 11 is 5.77. The Hall–Kier alpha value is -3.39. The van der Waals surface area contributed by atoms with Crippen LogP contribution >= 0.6 is 11.6 Å². The van der Waals surface area contributed by atoms with Crippen molar-refractivity contribution in [1.29, 1.82) is 0 Å². The number of rotatable bonds is 7. The van der Waals surface area contributed by atoms with Crippen molar-refractivity contribution in [1.82, 2.24) is 5.32 Å². The summed E-state index contributed by atoms with van der Waals surface area (Å²) in [5.74, 6) is -2.47. The first-order chi connectivity index (χ1) is 13.8. The van der Waals surface area contributed by atoms with Crippen LogP contribution in [-0.2, 0) is 14.3 Å². The molecule has 2 aromatic carbocycles. The molecule has 1 N–H and O–H groups in total. The third-order valence-corrected chi connectivity index (χ3v) is 3.95. The van der Waals surface area contributed by atoms with Crippen molar-refractivity contribution in [2.75, 3.05) is 20.8 Å². The minimum absolute atomic E-state index is 0.0224. The highest BCUT2D eigenvalue weighted by atomic mass is 35.5. The second-order valence-electron chi connectivity index (χ2n) is 5.72. The average Bonchev–Trinajstić information content (AvgIpc) is 2.72. The lowest BCUT2D eigenvalue weighted by Gasteiger charge is -2.09. The van der Waals surface area contributed by atoms with E-state index in [0.29, 0.717) is 10.6 Å². The third-order valence-electron chi connectivity index (χ3n) is 3.70. The highest BCUT2D eigenvalue weighted by molar-refractivity contribution is 6.30. The number of esters is 3. The highest BCUT2D eigenvalue weighted by Gasteiger charge is 2.16. The summed E-state index contributed by atoms with van der Waals surface area (Å²) in [6.45, 7) is 0.0286. The molecule has 2 rings (SSSR count). The minimum Gasteiger partial charge on any atom is -0.465 e. The topological polar surface area (TPSA) is 108 Å². The summed E-state index contributed by atoms with van der Waals surface area (Å²) in [5, 5.41) is 3.09. The fourth-order valence-electron chi connectivity index (χ4n) is 2.29. The molecule has 0 saturated carbocycles. The molecule has 29 heavy (non-hydrogen) atoms. The quantitative estimate of drug-likeness (QED) is 0.542. The first-order valence-corrected chi connectivity index (χ1v) is 8.78. The van der Waals surface area contributed by atoms with E-state index in [2.05, 4.69) is 14.8 Å². The van der Waals surface area contributed by atoms with Crippen LogP contribution in [0.1, 0.15) is 37.5 Å². The highest BCUT2D eigenvalue weighted by Crippen LogP contribution is 2.19. The first kappa shape index (κ1) is 21.9. The smallest absolute Gasteiger partial charge is 0.338 e. The van der Waals surface area contributed by atoms with Gasteiger partial charge >= 0.3 is 17.9 Å². The van der Waals surface area contributed by atoms with Crippen LogP contribution in [0.15, 0.2) is 42.5 Å². The van der Waals surface area contributed by atoms with E-state index < -0.39 is 17.9 Å². The summed E-state index contributed by atoms with van der Waals surface area (Å²) in [5.41, 5.74) is 0.444. The number of methoxy groups -OCH3 is 2. The Balaban J connectivity index is 1.98. The molecule has 0 bridgehead atoms. The number of carbonyl (C=O) groups is 4. The van der Waals surface area contributed by atoms with E-state index in [-0.39, 0.29) is 35.7 Å². The number of amides is 1. The molecular formula is C20H18ClNO7. The van der Waals surface area contributed by atoms with Crippen LogP contribution in [0.4, 0.5) is 0 Å². The summed E-state index contributed by atoms with van der Waals surface area (Å²) in [7, 11) is 2.37. The van der Waals surface area contributed by atoms with Gasteiger partial charge in [0.25, 0.3) is 5.91 Å². The molecule has 0 fully saturated rings. The molecule has 2 aromatic rings. The van der Waals surface area contributed by atoms with Gasteiger partial charge < -0.3 is 19.5 Å². The van der Waals surface area contributed by atoms with E-state index in [1.165, 1.54) is 32.4 Å². The molecule has 152 valence electrons. The second-order valence-corrected chi connectivity index (χ2v) is 6.15. The van der Waals surface area contributed by atoms with E-state index in [1.807, 2.05) is 0 Å². The zero-order chi connectivity index (χ0) is 21.4. The van der Waals surface area contributed by atoms with Gasteiger partial charge in [0.1, 0.15) is 5.75 Å². The lowest BCUT2D eigenvalue weighted by Crippen LogP contribution is -2.27. The lowest BCUT2D eigenvalue weighted by atomic mass is 10.1. The predicted molar refractivity (Wildman–Crippen MR) is 103 cm³/mol. The molecule has 0 aliphatic rings. The van der Waals surface area contributed by atoms with Gasteiger partial charge in [0.05, 0.1) is 31.8 Å². The van der Waals surface area contributed by atoms with Crippen LogP contribution in [0.25, 0.3) is 0 Å². The zero-order valence-electron chi connectivity index (χ0n) is 15.7. The van der Waals surface area contributed by atoms with Gasteiger partial charge in [0.15, 0.2) is 0 Å². The average molecular weight is 420 g/mol. The predicted octanol–water partition coefficient (Wildman–Crippen LogP) is 2.64. The maximum Gasteiger partial charge on any atom is 0.338 e. The second kappa shape index (κ2) is 10.2. The normalized spacial score (nSPS) is 10.0. The Kier molecular flexibility index (Phi) is 7.73. The van der Waals surface area contributed by atoms with Gasteiger partial charge in [-0.3, -0.25) is 9.59 Å². The molecule has 0 aliphatic carbocycles. The van der Waals surface area contributed by atoms with E-state index in [4.69, 9.17) is 16.3 Å². The fraction of sp³-hybridized carbons (Fsp3) is 0.200. The molecule has 0 aliphatic heterocycles. The molecule has 0 heterocycles. The van der Waals surface area contributed by atoms with Crippen LogP contribution in [0.2, 0.25) is 5.02 Å². The maximum atomic E-state index is 12.1. The van der Waals surface area contributed by atoms with Crippen molar-refractivity contribution in [3.63, 3.8) is 0 Å².